The number of hydrogen-bond acceptors (Lipinski definition) is 7. The molecule has 0 unspecified atom stereocenters. The minimum Gasteiger partial charge on any atom is -0.490 e. The maximum absolute atomic E-state index is 12.2. The number of carbonyl (C=O) groups excluding carboxylic acids is 2. The van der Waals surface area contributed by atoms with Gasteiger partial charge in [-0.25, -0.2) is 14.6 Å². The van der Waals surface area contributed by atoms with E-state index in [2.05, 4.69) is 4.99 Å². The lowest BCUT2D eigenvalue weighted by atomic mass is 10.1. The molecule has 0 radical (unpaired) electrons. The Bertz CT molecular complexity index is 1000. The fraction of sp³-hybridized carbons (Fsp3) is 0.227. The fourth-order valence-corrected chi connectivity index (χ4v) is 2.95. The van der Waals surface area contributed by atoms with Gasteiger partial charge in [-0.3, -0.25) is 0 Å². The van der Waals surface area contributed by atoms with Gasteiger partial charge >= 0.3 is 11.9 Å². The number of cyclic esters (lactones) is 1. The van der Waals surface area contributed by atoms with E-state index in [0.717, 1.165) is 0 Å². The number of esters is 2. The van der Waals surface area contributed by atoms with Gasteiger partial charge in [-0.15, -0.1) is 0 Å². The zero-order chi connectivity index (χ0) is 21.5. The standard InChI is InChI=1S/C22H20ClNO6/c1-3-27-18-12-14(10-16(23)20(18)29-13-19(25)28-4-2)11-17-22(26)30-21(24-17)15-8-6-5-7-9-15/h5-12H,3-4,13H2,1-2H3/b17-11-. The van der Waals surface area contributed by atoms with Crippen molar-refractivity contribution in [3.63, 3.8) is 0 Å². The van der Waals surface area contributed by atoms with Crippen LogP contribution in [0, 0.1) is 0 Å². The summed E-state index contributed by atoms with van der Waals surface area (Å²) in [4.78, 5) is 28.1. The summed E-state index contributed by atoms with van der Waals surface area (Å²) in [6.07, 6.45) is 1.54. The molecule has 1 aliphatic rings. The lowest BCUT2D eigenvalue weighted by Crippen LogP contribution is -2.15. The molecule has 0 bridgehead atoms. The SMILES string of the molecule is CCOC(=O)COc1c(Cl)cc(/C=C2\N=C(c3ccccc3)OC2=O)cc1OCC. The first-order valence-corrected chi connectivity index (χ1v) is 9.72. The number of nitrogens with zero attached hydrogens (tertiary/aromatic N) is 1. The second kappa shape index (κ2) is 9.93. The summed E-state index contributed by atoms with van der Waals surface area (Å²) in [7, 11) is 0. The summed E-state index contributed by atoms with van der Waals surface area (Å²) >= 11 is 6.34. The predicted molar refractivity (Wildman–Crippen MR) is 112 cm³/mol. The average Bonchev–Trinajstić information content (AvgIpc) is 3.09. The van der Waals surface area contributed by atoms with Crippen molar-refractivity contribution in [1.82, 2.24) is 0 Å². The summed E-state index contributed by atoms with van der Waals surface area (Å²) in [5.74, 6) is -0.294. The average molecular weight is 430 g/mol. The van der Waals surface area contributed by atoms with Gasteiger partial charge in [0.15, 0.2) is 23.8 Å². The van der Waals surface area contributed by atoms with Gasteiger partial charge in [-0.1, -0.05) is 29.8 Å². The van der Waals surface area contributed by atoms with E-state index in [-0.39, 0.29) is 35.6 Å². The first-order valence-electron chi connectivity index (χ1n) is 9.34. The number of carbonyl (C=O) groups is 2. The van der Waals surface area contributed by atoms with Crippen LogP contribution >= 0.6 is 11.6 Å². The quantitative estimate of drug-likeness (QED) is 0.465. The fourth-order valence-electron chi connectivity index (χ4n) is 2.68. The van der Waals surface area contributed by atoms with Crippen molar-refractivity contribution in [1.29, 1.82) is 0 Å². The Morgan fingerprint density at radius 2 is 1.90 bits per heavy atom. The van der Waals surface area contributed by atoms with Gasteiger partial charge in [0.25, 0.3) is 0 Å². The van der Waals surface area contributed by atoms with Crippen molar-refractivity contribution >= 4 is 35.5 Å². The zero-order valence-corrected chi connectivity index (χ0v) is 17.3. The highest BCUT2D eigenvalue weighted by Gasteiger charge is 2.24. The minimum absolute atomic E-state index is 0.132. The van der Waals surface area contributed by atoms with Gasteiger partial charge in [0, 0.05) is 5.56 Å². The zero-order valence-electron chi connectivity index (χ0n) is 16.5. The van der Waals surface area contributed by atoms with Crippen molar-refractivity contribution < 1.29 is 28.5 Å². The van der Waals surface area contributed by atoms with Crippen LogP contribution in [-0.2, 0) is 19.1 Å². The van der Waals surface area contributed by atoms with E-state index in [0.29, 0.717) is 23.5 Å². The molecule has 0 N–H and O–H groups in total. The molecule has 156 valence electrons. The second-order valence-corrected chi connectivity index (χ2v) is 6.47. The molecule has 0 atom stereocenters. The molecule has 0 aromatic heterocycles. The van der Waals surface area contributed by atoms with Gasteiger partial charge in [-0.2, -0.15) is 0 Å². The van der Waals surface area contributed by atoms with Crippen LogP contribution in [0.4, 0.5) is 0 Å². The van der Waals surface area contributed by atoms with Gasteiger partial charge in [0.2, 0.25) is 5.90 Å². The number of halogens is 1. The van der Waals surface area contributed by atoms with Crippen LogP contribution in [0.25, 0.3) is 6.08 Å². The Labute approximate surface area is 178 Å². The number of hydrogen-bond donors (Lipinski definition) is 0. The molecule has 2 aromatic rings. The second-order valence-electron chi connectivity index (χ2n) is 6.06. The molecule has 0 fully saturated rings. The summed E-state index contributed by atoms with van der Waals surface area (Å²) in [6, 6.07) is 12.4. The Morgan fingerprint density at radius 3 is 2.60 bits per heavy atom. The molecule has 0 amide bonds. The van der Waals surface area contributed by atoms with Crippen LogP contribution in [-0.4, -0.2) is 37.7 Å². The van der Waals surface area contributed by atoms with Crippen LogP contribution in [0.2, 0.25) is 5.02 Å². The molecule has 30 heavy (non-hydrogen) atoms. The molecule has 3 rings (SSSR count). The third-order valence-electron chi connectivity index (χ3n) is 3.92. The first kappa shape index (κ1) is 21.4. The number of ether oxygens (including phenoxy) is 4. The van der Waals surface area contributed by atoms with Crippen molar-refractivity contribution in [3.05, 3.63) is 64.3 Å². The summed E-state index contributed by atoms with van der Waals surface area (Å²) < 4.78 is 21.2. The Kier molecular flexibility index (Phi) is 7.08. The van der Waals surface area contributed by atoms with Crippen LogP contribution in [0.3, 0.4) is 0 Å². The highest BCUT2D eigenvalue weighted by molar-refractivity contribution is 6.32. The molecule has 1 aliphatic heterocycles. The van der Waals surface area contributed by atoms with Crippen molar-refractivity contribution in [2.75, 3.05) is 19.8 Å². The molecule has 7 nitrogen and oxygen atoms in total. The number of rotatable bonds is 8. The van der Waals surface area contributed by atoms with Crippen molar-refractivity contribution in [2.45, 2.75) is 13.8 Å². The maximum Gasteiger partial charge on any atom is 0.363 e. The molecular formula is C22H20ClNO6. The molecule has 0 saturated heterocycles. The molecule has 0 spiro atoms. The molecule has 0 saturated carbocycles. The maximum atomic E-state index is 12.2. The molecule has 1 heterocycles. The van der Waals surface area contributed by atoms with E-state index in [1.165, 1.54) is 0 Å². The van der Waals surface area contributed by atoms with E-state index < -0.39 is 11.9 Å². The number of benzene rings is 2. The third-order valence-corrected chi connectivity index (χ3v) is 4.20. The van der Waals surface area contributed by atoms with Crippen molar-refractivity contribution in [3.8, 4) is 11.5 Å². The van der Waals surface area contributed by atoms with E-state index in [1.807, 2.05) is 18.2 Å². The molecule has 0 aliphatic carbocycles. The Hall–Kier alpha value is -3.32. The largest absolute Gasteiger partial charge is 0.490 e. The van der Waals surface area contributed by atoms with Crippen LogP contribution < -0.4 is 9.47 Å². The minimum atomic E-state index is -0.564. The summed E-state index contributed by atoms with van der Waals surface area (Å²) in [5, 5.41) is 0.218. The van der Waals surface area contributed by atoms with Gasteiger partial charge in [0.1, 0.15) is 0 Å². The van der Waals surface area contributed by atoms with Gasteiger partial charge < -0.3 is 18.9 Å². The third kappa shape index (κ3) is 5.18. The topological polar surface area (TPSA) is 83.4 Å². The molecular weight excluding hydrogens is 410 g/mol. The monoisotopic (exact) mass is 429 g/mol. The molecule has 8 heteroatoms. The van der Waals surface area contributed by atoms with Crippen LogP contribution in [0.15, 0.2) is 53.2 Å². The van der Waals surface area contributed by atoms with Gasteiger partial charge in [-0.05, 0) is 49.8 Å². The van der Waals surface area contributed by atoms with E-state index in [9.17, 15) is 9.59 Å². The highest BCUT2D eigenvalue weighted by Crippen LogP contribution is 2.37. The normalized spacial score (nSPS) is 14.3. The van der Waals surface area contributed by atoms with Gasteiger partial charge in [0.05, 0.1) is 18.2 Å². The summed E-state index contributed by atoms with van der Waals surface area (Å²) in [5.41, 5.74) is 1.40. The van der Waals surface area contributed by atoms with E-state index >= 15 is 0 Å². The van der Waals surface area contributed by atoms with E-state index in [4.69, 9.17) is 30.5 Å². The van der Waals surface area contributed by atoms with E-state index in [1.54, 1.807) is 44.2 Å². The Balaban J connectivity index is 1.88. The van der Waals surface area contributed by atoms with Crippen LogP contribution in [0.5, 0.6) is 11.5 Å². The first-order chi connectivity index (χ1) is 14.5. The lowest BCUT2D eigenvalue weighted by molar-refractivity contribution is -0.145. The predicted octanol–water partition coefficient (Wildman–Crippen LogP) is 4.03. The number of aliphatic imine (C=N–C) groups is 1. The van der Waals surface area contributed by atoms with Crippen molar-refractivity contribution in [2.24, 2.45) is 4.99 Å². The summed E-state index contributed by atoms with van der Waals surface area (Å²) in [6.45, 7) is 3.81. The Morgan fingerprint density at radius 1 is 1.13 bits per heavy atom. The molecule has 2 aromatic carbocycles. The van der Waals surface area contributed by atoms with Crippen LogP contribution in [0.1, 0.15) is 25.0 Å². The smallest absolute Gasteiger partial charge is 0.363 e. The lowest BCUT2D eigenvalue weighted by Gasteiger charge is -2.14. The highest BCUT2D eigenvalue weighted by atomic mass is 35.5.